The van der Waals surface area contributed by atoms with Gasteiger partial charge in [0.2, 0.25) is 5.91 Å². The molecule has 4 nitrogen and oxygen atoms in total. The molecule has 0 bridgehead atoms. The lowest BCUT2D eigenvalue weighted by Crippen LogP contribution is -2.49. The molecule has 5 heteroatoms. The summed E-state index contributed by atoms with van der Waals surface area (Å²) in [6.07, 6.45) is 0. The summed E-state index contributed by atoms with van der Waals surface area (Å²) in [5, 5.41) is 0.385. The highest BCUT2D eigenvalue weighted by atomic mass is 35.5. The van der Waals surface area contributed by atoms with Gasteiger partial charge in [-0.3, -0.25) is 14.4 Å². The van der Waals surface area contributed by atoms with Gasteiger partial charge in [-0.25, -0.2) is 0 Å². The third-order valence-corrected chi connectivity index (χ3v) is 3.58. The number of benzene rings is 1. The Balaban J connectivity index is 2.73. The maximum atomic E-state index is 12.2. The van der Waals surface area contributed by atoms with E-state index in [1.165, 1.54) is 6.07 Å². The van der Waals surface area contributed by atoms with Crippen LogP contribution in [0.2, 0.25) is 5.02 Å². The minimum Gasteiger partial charge on any atom is -0.369 e. The van der Waals surface area contributed by atoms with Crippen LogP contribution in [0.25, 0.3) is 0 Å². The van der Waals surface area contributed by atoms with Crippen molar-refractivity contribution in [3.63, 3.8) is 0 Å². The Morgan fingerprint density at radius 2 is 1.94 bits per heavy atom. The molecule has 1 aliphatic carbocycles. The van der Waals surface area contributed by atoms with Crippen molar-refractivity contribution in [2.24, 2.45) is 11.7 Å². The Hall–Kier alpha value is -1.68. The smallest absolute Gasteiger partial charge is 0.236 e. The first-order valence-electron chi connectivity index (χ1n) is 5.44. The zero-order valence-electron chi connectivity index (χ0n) is 9.99. The van der Waals surface area contributed by atoms with Gasteiger partial charge in [0.1, 0.15) is 0 Å². The second kappa shape index (κ2) is 3.92. The van der Waals surface area contributed by atoms with Crippen molar-refractivity contribution in [1.29, 1.82) is 0 Å². The van der Waals surface area contributed by atoms with Crippen LogP contribution in [0.5, 0.6) is 0 Å². The number of rotatable bonds is 1. The maximum Gasteiger partial charge on any atom is 0.236 e. The maximum absolute atomic E-state index is 12.2. The van der Waals surface area contributed by atoms with Gasteiger partial charge >= 0.3 is 0 Å². The minimum absolute atomic E-state index is 0.302. The normalized spacial score (nSPS) is 21.6. The Morgan fingerprint density at radius 3 is 2.50 bits per heavy atom. The summed E-state index contributed by atoms with van der Waals surface area (Å²) in [6.45, 7) is 3.34. The summed E-state index contributed by atoms with van der Waals surface area (Å²) in [6, 6.07) is 4.74. The lowest BCUT2D eigenvalue weighted by molar-refractivity contribution is -0.133. The topological polar surface area (TPSA) is 77.2 Å². The summed E-state index contributed by atoms with van der Waals surface area (Å²) in [4.78, 5) is 35.6. The van der Waals surface area contributed by atoms with Gasteiger partial charge in [-0.15, -0.1) is 0 Å². The molecule has 0 saturated heterocycles. The van der Waals surface area contributed by atoms with Crippen LogP contribution in [0.1, 0.15) is 29.8 Å². The van der Waals surface area contributed by atoms with E-state index in [0.29, 0.717) is 16.1 Å². The summed E-state index contributed by atoms with van der Waals surface area (Å²) < 4.78 is 0. The fourth-order valence-corrected chi connectivity index (χ4v) is 2.46. The Bertz CT molecular complexity index is 578. The van der Waals surface area contributed by atoms with Crippen molar-refractivity contribution in [2.45, 2.75) is 19.3 Å². The third-order valence-electron chi connectivity index (χ3n) is 3.35. The largest absolute Gasteiger partial charge is 0.369 e. The zero-order chi connectivity index (χ0) is 13.7. The molecule has 1 atom stereocenters. The molecule has 2 rings (SSSR count). The van der Waals surface area contributed by atoms with Gasteiger partial charge in [0.25, 0.3) is 0 Å². The molecule has 18 heavy (non-hydrogen) atoms. The lowest BCUT2D eigenvalue weighted by atomic mass is 9.66. The van der Waals surface area contributed by atoms with Crippen molar-refractivity contribution >= 4 is 29.1 Å². The number of Topliss-reactive ketones (excluding diaryl/α,β-unsaturated/α-hetero) is 2. The van der Waals surface area contributed by atoms with E-state index < -0.39 is 28.8 Å². The number of hydrogen-bond donors (Lipinski definition) is 1. The molecule has 0 saturated carbocycles. The molecule has 1 unspecified atom stereocenters. The number of halogens is 1. The van der Waals surface area contributed by atoms with Gasteiger partial charge in [0.05, 0.1) is 5.41 Å². The predicted octanol–water partition coefficient (Wildman–Crippen LogP) is 1.48. The average Bonchev–Trinajstić information content (AvgIpc) is 2.26. The Kier molecular flexibility index (Phi) is 2.78. The molecule has 0 fully saturated rings. The number of carbonyl (C=O) groups is 3. The molecular formula is C13H12ClNO3. The van der Waals surface area contributed by atoms with Crippen LogP contribution in [0.15, 0.2) is 18.2 Å². The quantitative estimate of drug-likeness (QED) is 0.782. The third kappa shape index (κ3) is 1.64. The van der Waals surface area contributed by atoms with Crippen LogP contribution in [0.4, 0.5) is 0 Å². The summed E-state index contributed by atoms with van der Waals surface area (Å²) in [5.74, 6) is -3.35. The first-order chi connectivity index (χ1) is 8.26. The van der Waals surface area contributed by atoms with E-state index in [1.54, 1.807) is 26.0 Å². The number of fused-ring (bicyclic) bond motifs is 1. The second-order valence-corrected chi connectivity index (χ2v) is 5.32. The number of amides is 1. The SMILES string of the molecule is CC1(C)C(=O)C(C(N)=O)C(=O)c2cc(Cl)ccc21. The molecular weight excluding hydrogens is 254 g/mol. The van der Waals surface area contributed by atoms with Crippen LogP contribution < -0.4 is 5.73 Å². The number of carbonyl (C=O) groups excluding carboxylic acids is 3. The first-order valence-corrected chi connectivity index (χ1v) is 5.82. The highest BCUT2D eigenvalue weighted by molar-refractivity contribution is 6.32. The van der Waals surface area contributed by atoms with Crippen molar-refractivity contribution in [1.82, 2.24) is 0 Å². The Labute approximate surface area is 109 Å². The van der Waals surface area contributed by atoms with Gasteiger partial charge in [0.15, 0.2) is 17.5 Å². The highest BCUT2D eigenvalue weighted by Gasteiger charge is 2.48. The average molecular weight is 266 g/mol. The summed E-state index contributed by atoms with van der Waals surface area (Å²) in [7, 11) is 0. The number of hydrogen-bond acceptors (Lipinski definition) is 3. The van der Waals surface area contributed by atoms with E-state index in [1.807, 2.05) is 0 Å². The van der Waals surface area contributed by atoms with E-state index in [9.17, 15) is 14.4 Å². The highest BCUT2D eigenvalue weighted by Crippen LogP contribution is 2.37. The van der Waals surface area contributed by atoms with Crippen LogP contribution in [0, 0.1) is 5.92 Å². The molecule has 1 aromatic carbocycles. The minimum atomic E-state index is -1.41. The van der Waals surface area contributed by atoms with Crippen molar-refractivity contribution in [3.05, 3.63) is 34.3 Å². The molecule has 2 N–H and O–H groups in total. The molecule has 1 aromatic rings. The monoisotopic (exact) mass is 265 g/mol. The van der Waals surface area contributed by atoms with Crippen LogP contribution in [0.3, 0.4) is 0 Å². The lowest BCUT2D eigenvalue weighted by Gasteiger charge is -2.33. The number of nitrogens with two attached hydrogens (primary N) is 1. The molecule has 1 amide bonds. The van der Waals surface area contributed by atoms with Crippen molar-refractivity contribution in [2.75, 3.05) is 0 Å². The van der Waals surface area contributed by atoms with Gasteiger partial charge in [-0.05, 0) is 31.5 Å². The summed E-state index contributed by atoms with van der Waals surface area (Å²) in [5.41, 5.74) is 5.11. The van der Waals surface area contributed by atoms with Crippen LogP contribution in [-0.2, 0) is 15.0 Å². The van der Waals surface area contributed by atoms with Gasteiger partial charge in [-0.1, -0.05) is 17.7 Å². The van der Waals surface area contributed by atoms with Gasteiger partial charge < -0.3 is 5.73 Å². The zero-order valence-corrected chi connectivity index (χ0v) is 10.7. The summed E-state index contributed by atoms with van der Waals surface area (Å²) >= 11 is 5.85. The van der Waals surface area contributed by atoms with E-state index >= 15 is 0 Å². The molecule has 94 valence electrons. The van der Waals surface area contributed by atoms with Crippen LogP contribution >= 0.6 is 11.6 Å². The first kappa shape index (κ1) is 12.8. The van der Waals surface area contributed by atoms with E-state index in [0.717, 1.165) is 0 Å². The van der Waals surface area contributed by atoms with E-state index in [4.69, 9.17) is 17.3 Å². The van der Waals surface area contributed by atoms with E-state index in [-0.39, 0.29) is 0 Å². The molecule has 1 aliphatic rings. The fourth-order valence-electron chi connectivity index (χ4n) is 2.29. The van der Waals surface area contributed by atoms with Gasteiger partial charge in [0, 0.05) is 10.6 Å². The second-order valence-electron chi connectivity index (χ2n) is 4.88. The molecule has 0 heterocycles. The predicted molar refractivity (Wildman–Crippen MR) is 66.5 cm³/mol. The molecule has 0 aliphatic heterocycles. The number of ketones is 2. The molecule has 0 spiro atoms. The fraction of sp³-hybridized carbons (Fsp3) is 0.308. The number of primary amides is 1. The van der Waals surface area contributed by atoms with Gasteiger partial charge in [-0.2, -0.15) is 0 Å². The molecule has 0 aromatic heterocycles. The molecule has 0 radical (unpaired) electrons. The van der Waals surface area contributed by atoms with Crippen molar-refractivity contribution in [3.8, 4) is 0 Å². The Morgan fingerprint density at radius 1 is 1.33 bits per heavy atom. The van der Waals surface area contributed by atoms with E-state index in [2.05, 4.69) is 0 Å². The van der Waals surface area contributed by atoms with Crippen LogP contribution in [-0.4, -0.2) is 17.5 Å². The van der Waals surface area contributed by atoms with Crippen molar-refractivity contribution < 1.29 is 14.4 Å². The standard InChI is InChI=1S/C13H12ClNO3/c1-13(2)8-4-3-6(14)5-7(8)10(16)9(11(13)17)12(15)18/h3-5,9H,1-2H3,(H2,15,18).